The van der Waals surface area contributed by atoms with Gasteiger partial charge in [-0.1, -0.05) is 0 Å². The number of alkyl carbamates (subject to hydrolysis) is 1. The fourth-order valence-corrected chi connectivity index (χ4v) is 4.47. The van der Waals surface area contributed by atoms with E-state index < -0.39 is 35.3 Å². The summed E-state index contributed by atoms with van der Waals surface area (Å²) in [6.45, 7) is 9.85. The van der Waals surface area contributed by atoms with Gasteiger partial charge in [0.05, 0.1) is 52.9 Å². The molecule has 0 aromatic rings. The molecule has 9 amide bonds. The van der Waals surface area contributed by atoms with Gasteiger partial charge in [-0.2, -0.15) is 0 Å². The van der Waals surface area contributed by atoms with Crippen molar-refractivity contribution in [3.8, 4) is 0 Å². The number of carbonyl (C=O) groups is 9. The zero-order valence-corrected chi connectivity index (χ0v) is 34.1. The topological polar surface area (TPSA) is 292 Å². The van der Waals surface area contributed by atoms with Crippen LogP contribution in [0.1, 0.15) is 46.5 Å². The third kappa shape index (κ3) is 27.1. The normalized spacial score (nSPS) is 13.3. The molecule has 7 N–H and O–H groups in total. The Balaban J connectivity index is 0.000000607. The summed E-state index contributed by atoms with van der Waals surface area (Å²) in [5, 5.41) is 13.1. The van der Waals surface area contributed by atoms with Crippen molar-refractivity contribution in [3.05, 3.63) is 24.3 Å². The minimum atomic E-state index is -0.571. The first-order chi connectivity index (χ1) is 28.1. The highest BCUT2D eigenvalue weighted by molar-refractivity contribution is 6.13. The Morgan fingerprint density at radius 2 is 0.831 bits per heavy atom. The Bertz CT molecular complexity index is 1410. The smallest absolute Gasteiger partial charge is 0.407 e. The molecule has 22 heteroatoms. The van der Waals surface area contributed by atoms with Gasteiger partial charge in [-0.3, -0.25) is 48.2 Å². The molecular weight excluding hydrogens is 780 g/mol. The lowest BCUT2D eigenvalue weighted by molar-refractivity contribution is -0.139. The van der Waals surface area contributed by atoms with E-state index in [2.05, 4.69) is 26.6 Å². The zero-order valence-electron chi connectivity index (χ0n) is 34.1. The predicted octanol–water partition coefficient (Wildman–Crippen LogP) is -2.60. The van der Waals surface area contributed by atoms with Crippen molar-refractivity contribution in [2.45, 2.75) is 52.1 Å². The minimum absolute atomic E-state index is 0.0292. The Labute approximate surface area is 343 Å². The van der Waals surface area contributed by atoms with E-state index in [1.54, 1.807) is 20.8 Å². The number of amides is 9. The van der Waals surface area contributed by atoms with Gasteiger partial charge >= 0.3 is 6.09 Å². The van der Waals surface area contributed by atoms with E-state index in [-0.39, 0.29) is 88.7 Å². The molecule has 332 valence electrons. The number of ether oxygens (including phenoxy) is 5. The molecule has 0 unspecified atom stereocenters. The van der Waals surface area contributed by atoms with Crippen molar-refractivity contribution in [2.75, 3.05) is 105 Å². The fourth-order valence-electron chi connectivity index (χ4n) is 4.47. The maximum Gasteiger partial charge on any atom is 0.407 e. The molecular formula is C37H60N8O14. The number of imide groups is 2. The van der Waals surface area contributed by atoms with E-state index in [0.29, 0.717) is 65.8 Å². The van der Waals surface area contributed by atoms with Gasteiger partial charge in [0.15, 0.2) is 0 Å². The number of carbonyl (C=O) groups excluding carboxylic acids is 9. The molecule has 0 aromatic carbocycles. The molecule has 22 nitrogen and oxygen atoms in total. The summed E-state index contributed by atoms with van der Waals surface area (Å²) in [6, 6.07) is 0. The van der Waals surface area contributed by atoms with Crippen LogP contribution in [0.4, 0.5) is 4.79 Å². The van der Waals surface area contributed by atoms with Crippen LogP contribution in [0.2, 0.25) is 0 Å². The average molecular weight is 841 g/mol. The number of nitrogens with zero attached hydrogens (tertiary/aromatic N) is 2. The third-order valence-corrected chi connectivity index (χ3v) is 7.34. The van der Waals surface area contributed by atoms with Crippen LogP contribution < -0.4 is 32.3 Å². The quantitative estimate of drug-likeness (QED) is 0.0333. The lowest BCUT2D eigenvalue weighted by Crippen LogP contribution is -2.38. The van der Waals surface area contributed by atoms with Crippen molar-refractivity contribution in [1.82, 2.24) is 36.4 Å². The van der Waals surface area contributed by atoms with Crippen molar-refractivity contribution >= 4 is 53.4 Å². The monoisotopic (exact) mass is 840 g/mol. The van der Waals surface area contributed by atoms with E-state index in [1.165, 1.54) is 24.3 Å². The van der Waals surface area contributed by atoms with Gasteiger partial charge in [-0.15, -0.1) is 0 Å². The van der Waals surface area contributed by atoms with E-state index in [1.807, 2.05) is 0 Å². The highest BCUT2D eigenvalue weighted by Crippen LogP contribution is 2.06. The Kier molecular flexibility index (Phi) is 27.0. The SMILES string of the molecule is CC(C)(C)OC(=O)NCCNC(=O)CCOCCOCCNC(=O)CCN1C(=O)C=CC1=O.NCCNC(=O)CCOCCOCCNC(=O)CCN1C(=O)C=CC1=O. The van der Waals surface area contributed by atoms with Crippen LogP contribution in [0.15, 0.2) is 24.3 Å². The van der Waals surface area contributed by atoms with E-state index in [4.69, 9.17) is 29.4 Å². The number of rotatable bonds is 29. The standard InChI is InChI=1S/C21H34N4O8.C16H26N4O6/c1-21(2,3)33-20(30)24-9-8-22-17(27)7-12-31-14-15-32-13-10-23-16(26)6-11-25-18(28)4-5-19(25)29;17-5-6-18-14(22)4-9-25-11-12-26-10-7-19-13(21)3-8-20-15(23)1-2-16(20)24/h4-5H,6-15H2,1-3H3,(H,22,27)(H,23,26)(H,24,30);1-2H,3-12,17H2,(H,18,22)(H,19,21). The van der Waals surface area contributed by atoms with Crippen LogP contribution in [0.25, 0.3) is 0 Å². The maximum atomic E-state index is 11.7. The van der Waals surface area contributed by atoms with Crippen LogP contribution in [0, 0.1) is 0 Å². The summed E-state index contributed by atoms with van der Waals surface area (Å²) < 4.78 is 26.2. The second kappa shape index (κ2) is 30.7. The summed E-state index contributed by atoms with van der Waals surface area (Å²) >= 11 is 0. The summed E-state index contributed by atoms with van der Waals surface area (Å²) in [5.41, 5.74) is 4.70. The molecule has 0 aromatic heterocycles. The summed E-state index contributed by atoms with van der Waals surface area (Å²) in [5.74, 6) is -2.47. The molecule has 0 radical (unpaired) electrons. The summed E-state index contributed by atoms with van der Waals surface area (Å²) in [6.07, 6.45) is 4.71. The van der Waals surface area contributed by atoms with Gasteiger partial charge in [0.1, 0.15) is 5.60 Å². The van der Waals surface area contributed by atoms with Gasteiger partial charge in [0.2, 0.25) is 23.6 Å². The predicted molar refractivity (Wildman–Crippen MR) is 209 cm³/mol. The first kappa shape index (κ1) is 51.7. The highest BCUT2D eigenvalue weighted by atomic mass is 16.6. The first-order valence-corrected chi connectivity index (χ1v) is 19.2. The van der Waals surface area contributed by atoms with Crippen molar-refractivity contribution in [2.24, 2.45) is 5.73 Å². The molecule has 0 saturated heterocycles. The molecule has 0 bridgehead atoms. The first-order valence-electron chi connectivity index (χ1n) is 19.2. The Morgan fingerprint density at radius 1 is 0.492 bits per heavy atom. The summed E-state index contributed by atoms with van der Waals surface area (Å²) in [7, 11) is 0. The van der Waals surface area contributed by atoms with Gasteiger partial charge in [-0.05, 0) is 20.8 Å². The molecule has 0 fully saturated rings. The molecule has 0 spiro atoms. The molecule has 0 atom stereocenters. The van der Waals surface area contributed by atoms with Crippen LogP contribution in [-0.2, 0) is 62.0 Å². The lowest BCUT2D eigenvalue weighted by atomic mass is 10.2. The second-order valence-electron chi connectivity index (χ2n) is 13.4. The van der Waals surface area contributed by atoms with Gasteiger partial charge in [-0.25, -0.2) is 4.79 Å². The fraction of sp³-hybridized carbons (Fsp3) is 0.649. The molecule has 2 aliphatic heterocycles. The molecule has 0 aliphatic carbocycles. The highest BCUT2D eigenvalue weighted by Gasteiger charge is 2.24. The van der Waals surface area contributed by atoms with Gasteiger partial charge in [0.25, 0.3) is 23.6 Å². The Hall–Kier alpha value is -5.29. The van der Waals surface area contributed by atoms with Gasteiger partial charge < -0.3 is 56.0 Å². The van der Waals surface area contributed by atoms with Crippen LogP contribution >= 0.6 is 0 Å². The number of nitrogens with two attached hydrogens (primary N) is 1. The molecule has 2 heterocycles. The molecule has 2 aliphatic rings. The zero-order chi connectivity index (χ0) is 43.9. The summed E-state index contributed by atoms with van der Waals surface area (Å²) in [4.78, 5) is 105. The van der Waals surface area contributed by atoms with Gasteiger partial charge in [0, 0.05) is 102 Å². The largest absolute Gasteiger partial charge is 0.444 e. The second-order valence-corrected chi connectivity index (χ2v) is 13.4. The van der Waals surface area contributed by atoms with E-state index in [0.717, 1.165) is 9.80 Å². The molecule has 2 rings (SSSR count). The van der Waals surface area contributed by atoms with Crippen LogP contribution in [0.3, 0.4) is 0 Å². The maximum absolute atomic E-state index is 11.7. The van der Waals surface area contributed by atoms with E-state index >= 15 is 0 Å². The van der Waals surface area contributed by atoms with Crippen LogP contribution in [-0.4, -0.2) is 174 Å². The minimum Gasteiger partial charge on any atom is -0.444 e. The van der Waals surface area contributed by atoms with E-state index in [9.17, 15) is 43.2 Å². The Morgan fingerprint density at radius 3 is 1.22 bits per heavy atom. The average Bonchev–Trinajstić information content (AvgIpc) is 3.68. The van der Waals surface area contributed by atoms with Crippen LogP contribution in [0.5, 0.6) is 0 Å². The number of hydrogen-bond acceptors (Lipinski definition) is 15. The molecule has 0 saturated carbocycles. The molecule has 59 heavy (non-hydrogen) atoms. The van der Waals surface area contributed by atoms with Crippen molar-refractivity contribution in [1.29, 1.82) is 0 Å². The van der Waals surface area contributed by atoms with Crippen molar-refractivity contribution in [3.63, 3.8) is 0 Å². The number of nitrogens with one attached hydrogen (secondary N) is 5. The number of hydrogen-bond donors (Lipinski definition) is 6. The third-order valence-electron chi connectivity index (χ3n) is 7.34. The lowest BCUT2D eigenvalue weighted by Gasteiger charge is -2.19. The van der Waals surface area contributed by atoms with Crippen molar-refractivity contribution < 1.29 is 66.8 Å².